The zero-order chi connectivity index (χ0) is 17.1. The molecule has 3 rings (SSSR count). The molecule has 2 aromatic carbocycles. The van der Waals surface area contributed by atoms with Gasteiger partial charge in [0.15, 0.2) is 0 Å². The van der Waals surface area contributed by atoms with Gasteiger partial charge in [0.25, 0.3) is 5.69 Å². The van der Waals surface area contributed by atoms with Crippen molar-refractivity contribution in [2.45, 2.75) is 20.4 Å². The van der Waals surface area contributed by atoms with Gasteiger partial charge >= 0.3 is 0 Å². The van der Waals surface area contributed by atoms with E-state index in [-0.39, 0.29) is 10.6 Å². The number of piperazine rings is 1. The predicted octanol–water partition coefficient (Wildman–Crippen LogP) is 3.53. The first-order valence-corrected chi connectivity index (χ1v) is 8.31. The molecule has 5 nitrogen and oxygen atoms in total. The van der Waals surface area contributed by atoms with Crippen molar-refractivity contribution in [3.05, 3.63) is 69.3 Å². The minimum atomic E-state index is -0.297. The number of hydrogen-bond donors (Lipinski definition) is 0. The van der Waals surface area contributed by atoms with Crippen molar-refractivity contribution in [3.63, 3.8) is 0 Å². The van der Waals surface area contributed by atoms with Crippen LogP contribution in [0.4, 0.5) is 11.4 Å². The number of benzene rings is 2. The molecule has 0 aromatic heterocycles. The first kappa shape index (κ1) is 16.5. The molecule has 1 heterocycles. The van der Waals surface area contributed by atoms with Crippen molar-refractivity contribution in [2.75, 3.05) is 31.1 Å². The van der Waals surface area contributed by atoms with Gasteiger partial charge in [-0.25, -0.2) is 0 Å². The number of aryl methyl sites for hydroxylation is 1. The molecule has 2 aromatic rings. The molecular formula is C19H23N3O2. The average Bonchev–Trinajstić information content (AvgIpc) is 2.57. The van der Waals surface area contributed by atoms with Crippen molar-refractivity contribution in [3.8, 4) is 0 Å². The number of nitro benzene ring substituents is 1. The molecule has 0 amide bonds. The van der Waals surface area contributed by atoms with Crippen molar-refractivity contribution < 1.29 is 4.92 Å². The van der Waals surface area contributed by atoms with Crippen molar-refractivity contribution in [1.29, 1.82) is 0 Å². The normalized spacial score (nSPS) is 15.5. The Hall–Kier alpha value is -2.40. The summed E-state index contributed by atoms with van der Waals surface area (Å²) in [7, 11) is 0. The van der Waals surface area contributed by atoms with E-state index in [1.165, 1.54) is 11.3 Å². The van der Waals surface area contributed by atoms with Gasteiger partial charge in [-0.1, -0.05) is 24.3 Å². The number of nitrogens with zero attached hydrogens (tertiary/aromatic N) is 3. The van der Waals surface area contributed by atoms with Gasteiger partial charge in [-0.15, -0.1) is 0 Å². The van der Waals surface area contributed by atoms with E-state index in [9.17, 15) is 10.1 Å². The second-order valence-corrected chi connectivity index (χ2v) is 6.42. The highest BCUT2D eigenvalue weighted by Gasteiger charge is 2.20. The van der Waals surface area contributed by atoms with Crippen LogP contribution in [0.3, 0.4) is 0 Å². The maximum absolute atomic E-state index is 11.1. The van der Waals surface area contributed by atoms with Crippen molar-refractivity contribution in [1.82, 2.24) is 4.90 Å². The predicted molar refractivity (Wildman–Crippen MR) is 96.5 cm³/mol. The Balaban J connectivity index is 1.64. The zero-order valence-electron chi connectivity index (χ0n) is 14.2. The van der Waals surface area contributed by atoms with Gasteiger partial charge < -0.3 is 4.90 Å². The van der Waals surface area contributed by atoms with Gasteiger partial charge in [-0.2, -0.15) is 0 Å². The molecular weight excluding hydrogens is 302 g/mol. The smallest absolute Gasteiger partial charge is 0.272 e. The quantitative estimate of drug-likeness (QED) is 0.637. The van der Waals surface area contributed by atoms with Crippen LogP contribution in [0.1, 0.15) is 16.7 Å². The van der Waals surface area contributed by atoms with Crippen LogP contribution < -0.4 is 4.90 Å². The zero-order valence-corrected chi connectivity index (χ0v) is 14.2. The third-order valence-electron chi connectivity index (χ3n) is 4.75. The standard InChI is InChI=1S/C19H23N3O2/c1-15-5-3-7-18(13-15)21-11-9-20(10-12-21)14-17-6-4-8-19(16(17)2)22(23)24/h3-8,13H,9-12,14H2,1-2H3. The summed E-state index contributed by atoms with van der Waals surface area (Å²) in [5, 5.41) is 11.1. The van der Waals surface area contributed by atoms with Crippen LogP contribution in [-0.4, -0.2) is 36.0 Å². The SMILES string of the molecule is Cc1cccc(N2CCN(Cc3cccc([N+](=O)[O-])c3C)CC2)c1. The molecule has 0 bridgehead atoms. The molecule has 0 saturated carbocycles. The molecule has 5 heteroatoms. The minimum Gasteiger partial charge on any atom is -0.369 e. The fourth-order valence-corrected chi connectivity index (χ4v) is 3.27. The fraction of sp³-hybridized carbons (Fsp3) is 0.368. The van der Waals surface area contributed by atoms with E-state index in [1.807, 2.05) is 13.0 Å². The first-order chi connectivity index (χ1) is 11.5. The van der Waals surface area contributed by atoms with E-state index in [0.29, 0.717) is 0 Å². The molecule has 0 atom stereocenters. The molecule has 1 fully saturated rings. The largest absolute Gasteiger partial charge is 0.369 e. The first-order valence-electron chi connectivity index (χ1n) is 8.31. The van der Waals surface area contributed by atoms with Crippen LogP contribution in [0.2, 0.25) is 0 Å². The lowest BCUT2D eigenvalue weighted by atomic mass is 10.1. The van der Waals surface area contributed by atoms with Gasteiger partial charge in [-0.05, 0) is 37.1 Å². The van der Waals surface area contributed by atoms with Gasteiger partial charge in [-0.3, -0.25) is 15.0 Å². The van der Waals surface area contributed by atoms with Crippen molar-refractivity contribution in [2.24, 2.45) is 0 Å². The van der Waals surface area contributed by atoms with E-state index in [2.05, 4.69) is 41.0 Å². The Morgan fingerprint density at radius 3 is 2.42 bits per heavy atom. The van der Waals surface area contributed by atoms with Crippen LogP contribution in [0.25, 0.3) is 0 Å². The molecule has 0 spiro atoms. The third-order valence-corrected chi connectivity index (χ3v) is 4.75. The summed E-state index contributed by atoms with van der Waals surface area (Å²) < 4.78 is 0. The highest BCUT2D eigenvalue weighted by Crippen LogP contribution is 2.23. The van der Waals surface area contributed by atoms with Crippen LogP contribution in [-0.2, 0) is 6.54 Å². The average molecular weight is 325 g/mol. The lowest BCUT2D eigenvalue weighted by Gasteiger charge is -2.36. The summed E-state index contributed by atoms with van der Waals surface area (Å²) in [5.74, 6) is 0. The Morgan fingerprint density at radius 2 is 1.75 bits per heavy atom. The van der Waals surface area contributed by atoms with Gasteiger partial charge in [0.2, 0.25) is 0 Å². The summed E-state index contributed by atoms with van der Waals surface area (Å²) in [6.45, 7) is 8.64. The topological polar surface area (TPSA) is 49.6 Å². The highest BCUT2D eigenvalue weighted by atomic mass is 16.6. The van der Waals surface area contributed by atoms with E-state index >= 15 is 0 Å². The van der Waals surface area contributed by atoms with Crippen molar-refractivity contribution >= 4 is 11.4 Å². The summed E-state index contributed by atoms with van der Waals surface area (Å²) in [6, 6.07) is 14.0. The monoisotopic (exact) mass is 325 g/mol. The van der Waals surface area contributed by atoms with Crippen LogP contribution in [0.5, 0.6) is 0 Å². The molecule has 24 heavy (non-hydrogen) atoms. The molecule has 1 aliphatic rings. The Kier molecular flexibility index (Phi) is 4.81. The lowest BCUT2D eigenvalue weighted by Crippen LogP contribution is -2.46. The summed E-state index contributed by atoms with van der Waals surface area (Å²) in [5.41, 5.74) is 4.60. The van der Waals surface area contributed by atoms with Crippen LogP contribution >= 0.6 is 0 Å². The highest BCUT2D eigenvalue weighted by molar-refractivity contribution is 5.49. The molecule has 0 aliphatic carbocycles. The summed E-state index contributed by atoms with van der Waals surface area (Å²) in [4.78, 5) is 15.6. The second-order valence-electron chi connectivity index (χ2n) is 6.42. The summed E-state index contributed by atoms with van der Waals surface area (Å²) in [6.07, 6.45) is 0. The molecule has 1 saturated heterocycles. The van der Waals surface area contributed by atoms with Gasteiger partial charge in [0.1, 0.15) is 0 Å². The molecule has 1 aliphatic heterocycles. The van der Waals surface area contributed by atoms with E-state index in [4.69, 9.17) is 0 Å². The van der Waals surface area contributed by atoms with Crippen LogP contribution in [0.15, 0.2) is 42.5 Å². The Bertz CT molecular complexity index is 737. The number of nitro groups is 1. The summed E-state index contributed by atoms with van der Waals surface area (Å²) >= 11 is 0. The maximum atomic E-state index is 11.1. The number of rotatable bonds is 4. The Labute approximate surface area is 142 Å². The molecule has 0 N–H and O–H groups in total. The van der Waals surface area contributed by atoms with Gasteiger partial charge in [0, 0.05) is 50.0 Å². The van der Waals surface area contributed by atoms with E-state index in [0.717, 1.165) is 43.9 Å². The molecule has 0 radical (unpaired) electrons. The molecule has 126 valence electrons. The van der Waals surface area contributed by atoms with Crippen LogP contribution in [0, 0.1) is 24.0 Å². The van der Waals surface area contributed by atoms with E-state index in [1.54, 1.807) is 12.1 Å². The van der Waals surface area contributed by atoms with Gasteiger partial charge in [0.05, 0.1) is 4.92 Å². The Morgan fingerprint density at radius 1 is 1.04 bits per heavy atom. The lowest BCUT2D eigenvalue weighted by molar-refractivity contribution is -0.385. The second kappa shape index (κ2) is 7.01. The van der Waals surface area contributed by atoms with E-state index < -0.39 is 0 Å². The fourth-order valence-electron chi connectivity index (χ4n) is 3.27. The number of anilines is 1. The number of hydrogen-bond acceptors (Lipinski definition) is 4. The molecule has 0 unspecified atom stereocenters. The maximum Gasteiger partial charge on any atom is 0.272 e. The minimum absolute atomic E-state index is 0.214. The third kappa shape index (κ3) is 3.57.